The fourth-order valence-electron chi connectivity index (χ4n) is 3.31. The number of rotatable bonds is 2. The quantitative estimate of drug-likeness (QED) is 0.567. The maximum atomic E-state index is 2.44. The van der Waals surface area contributed by atoms with E-state index in [-0.39, 0.29) is 0 Å². The van der Waals surface area contributed by atoms with E-state index in [1.807, 2.05) is 0 Å². The highest BCUT2D eigenvalue weighted by Crippen LogP contribution is 2.44. The third-order valence-corrected chi connectivity index (χ3v) is 4.29. The summed E-state index contributed by atoms with van der Waals surface area (Å²) in [6.07, 6.45) is 8.74. The predicted molar refractivity (Wildman–Crippen MR) is 73.6 cm³/mol. The average molecular weight is 224 g/mol. The molecule has 0 aliphatic heterocycles. The van der Waals surface area contributed by atoms with Crippen LogP contribution in [0, 0.1) is 22.7 Å². The van der Waals surface area contributed by atoms with Crippen molar-refractivity contribution in [1.82, 2.24) is 0 Å². The van der Waals surface area contributed by atoms with Crippen LogP contribution in [0.1, 0.15) is 80.1 Å². The predicted octanol–water partition coefficient (Wildman–Crippen LogP) is 5.67. The molecule has 0 bridgehead atoms. The molecular weight excluding hydrogens is 192 g/mol. The van der Waals surface area contributed by atoms with Crippen molar-refractivity contribution < 1.29 is 0 Å². The van der Waals surface area contributed by atoms with Crippen molar-refractivity contribution in [3.05, 3.63) is 0 Å². The van der Waals surface area contributed by atoms with Crippen LogP contribution >= 0.6 is 0 Å². The Morgan fingerprint density at radius 2 is 1.44 bits per heavy atom. The molecule has 1 saturated carbocycles. The van der Waals surface area contributed by atoms with Crippen LogP contribution in [0.4, 0.5) is 0 Å². The summed E-state index contributed by atoms with van der Waals surface area (Å²) in [5.41, 5.74) is 1.03. The molecule has 16 heavy (non-hydrogen) atoms. The molecule has 0 aromatic heterocycles. The molecule has 1 rings (SSSR count). The molecule has 1 aliphatic rings. The van der Waals surface area contributed by atoms with E-state index in [1.54, 1.807) is 0 Å². The Balaban J connectivity index is 2.54. The van der Waals surface area contributed by atoms with Gasteiger partial charge in [0.2, 0.25) is 0 Å². The van der Waals surface area contributed by atoms with Gasteiger partial charge in [0.15, 0.2) is 0 Å². The minimum atomic E-state index is 0.514. The van der Waals surface area contributed by atoms with Gasteiger partial charge in [-0.1, -0.05) is 60.8 Å². The van der Waals surface area contributed by atoms with Gasteiger partial charge in [0.25, 0.3) is 0 Å². The smallest absolute Gasteiger partial charge is 0.0337 e. The molecule has 0 heterocycles. The molecule has 1 fully saturated rings. The third-order valence-electron chi connectivity index (χ3n) is 4.29. The highest BCUT2D eigenvalue weighted by molar-refractivity contribution is 4.84. The van der Waals surface area contributed by atoms with Gasteiger partial charge < -0.3 is 0 Å². The maximum Gasteiger partial charge on any atom is -0.0337 e. The van der Waals surface area contributed by atoms with Crippen LogP contribution in [0.25, 0.3) is 0 Å². The second-order valence-corrected chi connectivity index (χ2v) is 8.12. The summed E-state index contributed by atoms with van der Waals surface area (Å²) < 4.78 is 0. The lowest BCUT2D eigenvalue weighted by Crippen LogP contribution is -2.31. The van der Waals surface area contributed by atoms with Gasteiger partial charge in [-0.05, 0) is 41.9 Å². The van der Waals surface area contributed by atoms with E-state index in [4.69, 9.17) is 0 Å². The Kier molecular flexibility index (Phi) is 4.49. The monoisotopic (exact) mass is 224 g/mol. The molecule has 96 valence electrons. The van der Waals surface area contributed by atoms with Gasteiger partial charge in [0.05, 0.1) is 0 Å². The first-order chi connectivity index (χ1) is 7.20. The molecule has 0 amide bonds. The van der Waals surface area contributed by atoms with Crippen molar-refractivity contribution in [2.24, 2.45) is 22.7 Å². The van der Waals surface area contributed by atoms with Crippen LogP contribution in [0.5, 0.6) is 0 Å². The SMILES string of the molecule is CC(C)(C)CC[C@@H]1CCCCC1C(C)(C)C. The molecule has 2 atom stereocenters. The molecule has 0 nitrogen and oxygen atoms in total. The topological polar surface area (TPSA) is 0 Å². The second kappa shape index (κ2) is 5.10. The van der Waals surface area contributed by atoms with E-state index in [2.05, 4.69) is 41.5 Å². The van der Waals surface area contributed by atoms with E-state index in [0.29, 0.717) is 10.8 Å². The highest BCUT2D eigenvalue weighted by Gasteiger charge is 2.34. The van der Waals surface area contributed by atoms with Gasteiger partial charge in [-0.3, -0.25) is 0 Å². The normalized spacial score (nSPS) is 28.1. The van der Waals surface area contributed by atoms with Crippen molar-refractivity contribution in [3.8, 4) is 0 Å². The molecular formula is C16H32. The van der Waals surface area contributed by atoms with E-state index < -0.39 is 0 Å². The highest BCUT2D eigenvalue weighted by atomic mass is 14.4. The van der Waals surface area contributed by atoms with Crippen LogP contribution in [0.3, 0.4) is 0 Å². The summed E-state index contributed by atoms with van der Waals surface area (Å²) in [4.78, 5) is 0. The molecule has 0 heteroatoms. The van der Waals surface area contributed by atoms with Crippen molar-refractivity contribution >= 4 is 0 Å². The van der Waals surface area contributed by atoms with Crippen molar-refractivity contribution in [3.63, 3.8) is 0 Å². The first-order valence-electron chi connectivity index (χ1n) is 7.20. The minimum Gasteiger partial charge on any atom is -0.0602 e. The Hall–Kier alpha value is 0. The van der Waals surface area contributed by atoms with Crippen molar-refractivity contribution in [2.75, 3.05) is 0 Å². The molecule has 0 N–H and O–H groups in total. The molecule has 1 unspecified atom stereocenters. The summed E-state index contributed by atoms with van der Waals surface area (Å²) in [6.45, 7) is 14.4. The maximum absolute atomic E-state index is 2.44. The summed E-state index contributed by atoms with van der Waals surface area (Å²) in [6, 6.07) is 0. The van der Waals surface area contributed by atoms with Gasteiger partial charge >= 0.3 is 0 Å². The fourth-order valence-corrected chi connectivity index (χ4v) is 3.31. The Morgan fingerprint density at radius 3 is 1.94 bits per heavy atom. The summed E-state index contributed by atoms with van der Waals surface area (Å²) in [5.74, 6) is 1.96. The van der Waals surface area contributed by atoms with Gasteiger partial charge in [-0.25, -0.2) is 0 Å². The van der Waals surface area contributed by atoms with Gasteiger partial charge in [-0.2, -0.15) is 0 Å². The lowest BCUT2D eigenvalue weighted by atomic mass is 9.64. The lowest BCUT2D eigenvalue weighted by Gasteiger charge is -2.41. The summed E-state index contributed by atoms with van der Waals surface area (Å²) in [7, 11) is 0. The van der Waals surface area contributed by atoms with Crippen molar-refractivity contribution in [1.29, 1.82) is 0 Å². The molecule has 0 radical (unpaired) electrons. The summed E-state index contributed by atoms with van der Waals surface area (Å²) in [5, 5.41) is 0. The number of hydrogen-bond acceptors (Lipinski definition) is 0. The van der Waals surface area contributed by atoms with Crippen molar-refractivity contribution in [2.45, 2.75) is 80.1 Å². The minimum absolute atomic E-state index is 0.514. The zero-order valence-electron chi connectivity index (χ0n) is 12.4. The van der Waals surface area contributed by atoms with E-state index >= 15 is 0 Å². The Bertz CT molecular complexity index is 201. The van der Waals surface area contributed by atoms with Gasteiger partial charge in [-0.15, -0.1) is 0 Å². The molecule has 0 spiro atoms. The molecule has 0 aromatic rings. The molecule has 0 aromatic carbocycles. The van der Waals surface area contributed by atoms with E-state index in [0.717, 1.165) is 11.8 Å². The van der Waals surface area contributed by atoms with Crippen LogP contribution in [0.15, 0.2) is 0 Å². The van der Waals surface area contributed by atoms with Crippen LogP contribution in [-0.2, 0) is 0 Å². The van der Waals surface area contributed by atoms with Crippen LogP contribution < -0.4 is 0 Å². The van der Waals surface area contributed by atoms with Crippen LogP contribution in [0.2, 0.25) is 0 Å². The third kappa shape index (κ3) is 4.47. The number of hydrogen-bond donors (Lipinski definition) is 0. The largest absolute Gasteiger partial charge is 0.0602 e. The van der Waals surface area contributed by atoms with Gasteiger partial charge in [0, 0.05) is 0 Å². The lowest BCUT2D eigenvalue weighted by molar-refractivity contribution is 0.0924. The molecule has 0 saturated heterocycles. The molecule has 1 aliphatic carbocycles. The fraction of sp³-hybridized carbons (Fsp3) is 1.00. The standard InChI is InChI=1S/C16H32/c1-15(2,3)12-11-13-9-7-8-10-14(13)16(4,5)6/h13-14H,7-12H2,1-6H3/t13-,14?/m0/s1. The zero-order chi connectivity index (χ0) is 12.4. The average Bonchev–Trinajstić information content (AvgIpc) is 2.12. The summed E-state index contributed by atoms with van der Waals surface area (Å²) >= 11 is 0. The van der Waals surface area contributed by atoms with Gasteiger partial charge in [0.1, 0.15) is 0 Å². The second-order valence-electron chi connectivity index (χ2n) is 8.12. The Labute approximate surface area is 103 Å². The van der Waals surface area contributed by atoms with Crippen LogP contribution in [-0.4, -0.2) is 0 Å². The van der Waals surface area contributed by atoms with E-state index in [1.165, 1.54) is 38.5 Å². The van der Waals surface area contributed by atoms with E-state index in [9.17, 15) is 0 Å². The first kappa shape index (κ1) is 14.1. The zero-order valence-corrected chi connectivity index (χ0v) is 12.4. The Morgan fingerprint density at radius 1 is 0.875 bits per heavy atom. The first-order valence-corrected chi connectivity index (χ1v) is 7.20.